The van der Waals surface area contributed by atoms with Crippen LogP contribution < -0.4 is 13.6 Å². The molecular weight excluding hydrogens is 420 g/mol. The molecule has 0 saturated carbocycles. The lowest BCUT2D eigenvalue weighted by molar-refractivity contribution is -0.139. The van der Waals surface area contributed by atoms with Gasteiger partial charge in [0.05, 0.1) is 30.3 Å². The van der Waals surface area contributed by atoms with Crippen molar-refractivity contribution in [2.45, 2.75) is 30.6 Å². The van der Waals surface area contributed by atoms with Gasteiger partial charge in [-0.15, -0.1) is 4.13 Å². The summed E-state index contributed by atoms with van der Waals surface area (Å²) < 4.78 is 95.0. The van der Waals surface area contributed by atoms with Gasteiger partial charge in [-0.3, -0.25) is 0 Å². The molecule has 12 heteroatoms. The van der Waals surface area contributed by atoms with Crippen molar-refractivity contribution in [1.29, 1.82) is 0 Å². The minimum atomic E-state index is -4.61. The molecule has 1 aromatic carbocycles. The predicted octanol–water partition coefficient (Wildman–Crippen LogP) is 1.76. The minimum absolute atomic E-state index is 0.0264. The van der Waals surface area contributed by atoms with E-state index in [0.29, 0.717) is 6.92 Å². The van der Waals surface area contributed by atoms with E-state index >= 15 is 0 Å². The van der Waals surface area contributed by atoms with Gasteiger partial charge in [0.15, 0.2) is 11.5 Å². The zero-order valence-corrected chi connectivity index (χ0v) is 17.3. The van der Waals surface area contributed by atoms with Crippen LogP contribution in [-0.4, -0.2) is 55.9 Å². The average molecular weight is 443 g/mol. The number of halogens is 2. The summed E-state index contributed by atoms with van der Waals surface area (Å²) in [5.74, 6) is -4.06. The van der Waals surface area contributed by atoms with Gasteiger partial charge in [0, 0.05) is 19.3 Å². The number of benzene rings is 1. The van der Waals surface area contributed by atoms with Crippen molar-refractivity contribution in [3.63, 3.8) is 0 Å². The monoisotopic (exact) mass is 443 g/mol. The number of alkyl halides is 2. The molecule has 1 aliphatic rings. The van der Waals surface area contributed by atoms with Crippen molar-refractivity contribution in [1.82, 2.24) is 4.13 Å². The number of nitrogens with one attached hydrogen (secondary N) is 1. The molecular formula is C16H23F2NO7S2. The lowest BCUT2D eigenvalue weighted by Gasteiger charge is -2.41. The van der Waals surface area contributed by atoms with Crippen LogP contribution in [0.2, 0.25) is 0 Å². The van der Waals surface area contributed by atoms with Crippen LogP contribution in [0.4, 0.5) is 8.78 Å². The van der Waals surface area contributed by atoms with Crippen LogP contribution in [0.5, 0.6) is 11.5 Å². The van der Waals surface area contributed by atoms with Gasteiger partial charge in [-0.25, -0.2) is 25.6 Å². The molecule has 0 unspecified atom stereocenters. The zero-order valence-electron chi connectivity index (χ0n) is 15.7. The summed E-state index contributed by atoms with van der Waals surface area (Å²) in [6.45, 7) is 0.583. The van der Waals surface area contributed by atoms with Crippen LogP contribution >= 0.6 is 0 Å². The summed E-state index contributed by atoms with van der Waals surface area (Å²) in [7, 11) is -6.52. The second kappa shape index (κ2) is 8.09. The van der Waals surface area contributed by atoms with Crippen molar-refractivity contribution < 1.29 is 39.8 Å². The molecule has 8 nitrogen and oxygen atoms in total. The molecule has 0 atom stereocenters. The van der Waals surface area contributed by atoms with Gasteiger partial charge in [0.25, 0.3) is 15.9 Å². The zero-order chi connectivity index (χ0) is 21.2. The first kappa shape index (κ1) is 22.8. The molecule has 2 rings (SSSR count). The summed E-state index contributed by atoms with van der Waals surface area (Å²) >= 11 is 0. The smallest absolute Gasteiger partial charge is 0.253 e. The molecule has 0 radical (unpaired) electrons. The molecule has 0 aromatic heterocycles. The van der Waals surface area contributed by atoms with E-state index in [1.165, 1.54) is 20.3 Å². The van der Waals surface area contributed by atoms with Crippen molar-refractivity contribution >= 4 is 20.0 Å². The molecule has 28 heavy (non-hydrogen) atoms. The number of hydrogen-bond donors (Lipinski definition) is 1. The summed E-state index contributed by atoms with van der Waals surface area (Å²) in [4.78, 5) is -0.405. The molecule has 1 N–H and O–H groups in total. The second-order valence-corrected chi connectivity index (χ2v) is 10.3. The van der Waals surface area contributed by atoms with Gasteiger partial charge in [-0.2, -0.15) is 0 Å². The highest BCUT2D eigenvalue weighted by atomic mass is 32.3. The normalized spacial score (nSPS) is 17.9. The van der Waals surface area contributed by atoms with Crippen LogP contribution in [0.25, 0.3) is 0 Å². The van der Waals surface area contributed by atoms with Crippen molar-refractivity contribution in [3.05, 3.63) is 18.2 Å². The summed E-state index contributed by atoms with van der Waals surface area (Å²) in [6, 6.07) is 3.49. The van der Waals surface area contributed by atoms with E-state index in [1.54, 1.807) is 4.13 Å². The second-order valence-electron chi connectivity index (χ2n) is 6.64. The highest BCUT2D eigenvalue weighted by Gasteiger charge is 2.53. The van der Waals surface area contributed by atoms with Gasteiger partial charge in [-0.05, 0) is 31.9 Å². The fraction of sp³-hybridized carbons (Fsp3) is 0.625. The van der Waals surface area contributed by atoms with Gasteiger partial charge >= 0.3 is 0 Å². The van der Waals surface area contributed by atoms with Crippen molar-refractivity contribution in [3.8, 4) is 11.5 Å². The number of methoxy groups -OCH3 is 2. The van der Waals surface area contributed by atoms with Crippen molar-refractivity contribution in [2.75, 3.05) is 33.2 Å². The van der Waals surface area contributed by atoms with Crippen LogP contribution in [0.1, 0.15) is 19.8 Å². The largest absolute Gasteiger partial charge is 0.493 e. The first-order valence-electron chi connectivity index (χ1n) is 8.30. The summed E-state index contributed by atoms with van der Waals surface area (Å²) in [6.07, 6.45) is -0.401. The number of rotatable bonds is 8. The Morgan fingerprint density at radius 2 is 1.68 bits per heavy atom. The molecule has 160 valence electrons. The lowest BCUT2D eigenvalue weighted by Crippen LogP contribution is -2.50. The first-order chi connectivity index (χ1) is 12.9. The van der Waals surface area contributed by atoms with E-state index < -0.39 is 42.0 Å². The van der Waals surface area contributed by atoms with Crippen LogP contribution in [0.3, 0.4) is 0 Å². The van der Waals surface area contributed by atoms with E-state index in [1.807, 2.05) is 0 Å². The Labute approximate surface area is 163 Å². The fourth-order valence-corrected chi connectivity index (χ4v) is 6.80. The number of hydrogen-bond acceptors (Lipinski definition) is 7. The maximum absolute atomic E-state index is 14.2. The van der Waals surface area contributed by atoms with E-state index in [9.17, 15) is 25.6 Å². The van der Waals surface area contributed by atoms with Gasteiger partial charge in [0.2, 0.25) is 10.0 Å². The van der Waals surface area contributed by atoms with E-state index in [-0.39, 0.29) is 37.6 Å². The third kappa shape index (κ3) is 4.91. The molecule has 0 aliphatic carbocycles. The van der Waals surface area contributed by atoms with Crippen LogP contribution in [0.15, 0.2) is 23.1 Å². The van der Waals surface area contributed by atoms with Crippen molar-refractivity contribution in [2.24, 2.45) is 5.41 Å². The van der Waals surface area contributed by atoms with E-state index in [0.717, 1.165) is 12.1 Å². The van der Waals surface area contributed by atoms with E-state index in [4.69, 9.17) is 14.2 Å². The van der Waals surface area contributed by atoms with Crippen LogP contribution in [0, 0.1) is 5.41 Å². The lowest BCUT2D eigenvalue weighted by atomic mass is 9.77. The Hall–Kier alpha value is -1.50. The van der Waals surface area contributed by atoms with E-state index in [2.05, 4.69) is 0 Å². The molecule has 1 aliphatic heterocycles. The first-order valence-corrected chi connectivity index (χ1v) is 11.4. The Morgan fingerprint density at radius 3 is 2.18 bits per heavy atom. The summed E-state index contributed by atoms with van der Waals surface area (Å²) in [5.41, 5.74) is -1.91. The number of ether oxygens (including phenoxy) is 3. The van der Waals surface area contributed by atoms with Gasteiger partial charge < -0.3 is 14.2 Å². The van der Waals surface area contributed by atoms with Gasteiger partial charge in [-0.1, -0.05) is 0 Å². The molecule has 1 fully saturated rings. The summed E-state index contributed by atoms with van der Waals surface area (Å²) in [5, 5.41) is 0. The molecule has 1 aromatic rings. The molecule has 0 spiro atoms. The molecule has 0 bridgehead atoms. The Kier molecular flexibility index (Phi) is 6.58. The molecule has 1 heterocycles. The Balaban J connectivity index is 2.32. The topological polar surface area (TPSA) is 108 Å². The maximum Gasteiger partial charge on any atom is 0.253 e. The highest BCUT2D eigenvalue weighted by molar-refractivity contribution is 8.04. The third-order valence-corrected chi connectivity index (χ3v) is 8.45. The Morgan fingerprint density at radius 1 is 1.11 bits per heavy atom. The SMILES string of the molecule is COc1ccc(S(=O)(=O)NS(=O)(=O)CC2(C(C)(F)F)CCOCC2)cc1OC. The predicted molar refractivity (Wildman–Crippen MR) is 96.8 cm³/mol. The number of sulfonamides is 2. The molecule has 0 amide bonds. The highest BCUT2D eigenvalue weighted by Crippen LogP contribution is 2.45. The maximum atomic E-state index is 14.2. The standard InChI is InChI=1S/C16H23F2NO7S2/c1-15(17,18)16(6-8-26-9-7-16)11-27(20,21)19-28(22,23)12-4-5-13(24-2)14(10-12)25-3/h4-5,10,19H,6-9,11H2,1-3H3. The third-order valence-electron chi connectivity index (χ3n) is 4.75. The van der Waals surface area contributed by atoms with Gasteiger partial charge in [0.1, 0.15) is 0 Å². The average Bonchev–Trinajstić information content (AvgIpc) is 2.59. The minimum Gasteiger partial charge on any atom is -0.493 e. The quantitative estimate of drug-likeness (QED) is 0.652. The van der Waals surface area contributed by atoms with Crippen LogP contribution in [-0.2, 0) is 24.8 Å². The fourth-order valence-electron chi connectivity index (χ4n) is 3.06. The Bertz CT molecular complexity index is 905. The molecule has 1 saturated heterocycles.